The average molecular weight is 491 g/mol. The van der Waals surface area contributed by atoms with Crippen LogP contribution in [-0.4, -0.2) is 38.1 Å². The highest BCUT2D eigenvalue weighted by molar-refractivity contribution is 6.32. The SMILES string of the molecule is O=C(O)CNC(=O)c1cn(-c2nc(-c3ccccc3)c3cc(Cl)ccc3n2)c2ccc(Cl)cc12. The zero-order valence-corrected chi connectivity index (χ0v) is 19.0. The van der Waals surface area contributed by atoms with Gasteiger partial charge in [-0.05, 0) is 36.4 Å². The number of carbonyl (C=O) groups excluding carboxylic acids is 1. The van der Waals surface area contributed by atoms with Crippen molar-refractivity contribution in [1.82, 2.24) is 19.9 Å². The lowest BCUT2D eigenvalue weighted by molar-refractivity contribution is -0.135. The lowest BCUT2D eigenvalue weighted by Gasteiger charge is -2.11. The van der Waals surface area contributed by atoms with Crippen LogP contribution in [0.25, 0.3) is 39.0 Å². The van der Waals surface area contributed by atoms with Crippen molar-refractivity contribution in [3.8, 4) is 17.2 Å². The van der Waals surface area contributed by atoms with E-state index >= 15 is 0 Å². The summed E-state index contributed by atoms with van der Waals surface area (Å²) >= 11 is 12.5. The van der Waals surface area contributed by atoms with E-state index in [9.17, 15) is 9.59 Å². The third kappa shape index (κ3) is 4.07. The van der Waals surface area contributed by atoms with Gasteiger partial charge in [0.2, 0.25) is 5.95 Å². The quantitative estimate of drug-likeness (QED) is 0.345. The number of amides is 1. The first kappa shape index (κ1) is 21.9. The first-order valence-electron chi connectivity index (χ1n) is 10.2. The maximum absolute atomic E-state index is 12.8. The summed E-state index contributed by atoms with van der Waals surface area (Å²) in [5, 5.41) is 13.7. The molecule has 2 N–H and O–H groups in total. The Hall–Kier alpha value is -3.94. The zero-order chi connectivity index (χ0) is 23.8. The molecule has 5 rings (SSSR count). The van der Waals surface area contributed by atoms with Crippen molar-refractivity contribution >= 4 is 56.9 Å². The molecule has 1 amide bonds. The number of carbonyl (C=O) groups is 2. The van der Waals surface area contributed by atoms with Gasteiger partial charge in [0.15, 0.2) is 0 Å². The van der Waals surface area contributed by atoms with Gasteiger partial charge in [-0.15, -0.1) is 0 Å². The highest BCUT2D eigenvalue weighted by Gasteiger charge is 2.20. The molecule has 0 saturated heterocycles. The number of carboxylic acid groups (broad SMARTS) is 1. The van der Waals surface area contributed by atoms with Gasteiger partial charge < -0.3 is 10.4 Å². The van der Waals surface area contributed by atoms with Crippen molar-refractivity contribution in [2.45, 2.75) is 0 Å². The maximum Gasteiger partial charge on any atom is 0.322 e. The van der Waals surface area contributed by atoms with E-state index in [1.807, 2.05) is 42.5 Å². The number of aliphatic carboxylic acids is 1. The molecular formula is C25H16Cl2N4O3. The van der Waals surface area contributed by atoms with Crippen molar-refractivity contribution in [2.75, 3.05) is 6.54 Å². The first-order valence-corrected chi connectivity index (χ1v) is 11.0. The standard InChI is InChI=1S/C25H16Cl2N4O3/c26-15-6-8-20-18(11-15)23(14-4-2-1-3-5-14)30-25(29-20)31-13-19(24(34)28-12-22(32)33)17-10-16(27)7-9-21(17)31/h1-11,13H,12H2,(H,28,34)(H,32,33). The predicted molar refractivity (Wildman–Crippen MR) is 132 cm³/mol. The fraction of sp³-hybridized carbons (Fsp3) is 0.0400. The number of hydrogen-bond acceptors (Lipinski definition) is 4. The van der Waals surface area contributed by atoms with E-state index in [0.29, 0.717) is 38.1 Å². The van der Waals surface area contributed by atoms with Gasteiger partial charge in [0.05, 0.1) is 22.3 Å². The summed E-state index contributed by atoms with van der Waals surface area (Å²) in [6.45, 7) is -0.503. The Labute approximate surface area is 203 Å². The smallest absolute Gasteiger partial charge is 0.322 e. The van der Waals surface area contributed by atoms with Crippen molar-refractivity contribution in [3.63, 3.8) is 0 Å². The minimum absolute atomic E-state index is 0.264. The highest BCUT2D eigenvalue weighted by atomic mass is 35.5. The molecule has 0 bridgehead atoms. The molecule has 0 aliphatic heterocycles. The number of hydrogen-bond donors (Lipinski definition) is 2. The molecule has 2 heterocycles. The second-order valence-electron chi connectivity index (χ2n) is 7.55. The number of halogens is 2. The Morgan fingerprint density at radius 3 is 2.35 bits per heavy atom. The molecule has 0 aliphatic carbocycles. The van der Waals surface area contributed by atoms with Crippen LogP contribution in [0.2, 0.25) is 10.0 Å². The number of nitrogens with one attached hydrogen (secondary N) is 1. The fourth-order valence-electron chi connectivity index (χ4n) is 3.81. The van der Waals surface area contributed by atoms with Crippen LogP contribution in [-0.2, 0) is 4.79 Å². The largest absolute Gasteiger partial charge is 0.480 e. The Bertz CT molecular complexity index is 1580. The Kier molecular flexibility index (Phi) is 5.65. The van der Waals surface area contributed by atoms with Gasteiger partial charge in [0, 0.05) is 32.6 Å². The number of nitrogens with zero attached hydrogens (tertiary/aromatic N) is 3. The third-order valence-electron chi connectivity index (χ3n) is 5.32. The molecular weight excluding hydrogens is 475 g/mol. The van der Waals surface area contributed by atoms with E-state index in [-0.39, 0.29) is 5.56 Å². The molecule has 34 heavy (non-hydrogen) atoms. The molecule has 0 unspecified atom stereocenters. The highest BCUT2D eigenvalue weighted by Crippen LogP contribution is 2.31. The first-order chi connectivity index (χ1) is 16.4. The molecule has 3 aromatic carbocycles. The Balaban J connectivity index is 1.75. The monoisotopic (exact) mass is 490 g/mol. The number of benzene rings is 3. The van der Waals surface area contributed by atoms with E-state index < -0.39 is 18.4 Å². The van der Waals surface area contributed by atoms with Crippen molar-refractivity contribution in [1.29, 1.82) is 0 Å². The number of aromatic nitrogens is 3. The molecule has 0 fully saturated rings. The predicted octanol–water partition coefficient (Wildman–Crippen LogP) is 5.36. The van der Waals surface area contributed by atoms with Crippen LogP contribution in [0.1, 0.15) is 10.4 Å². The van der Waals surface area contributed by atoms with E-state index in [1.165, 1.54) is 0 Å². The minimum Gasteiger partial charge on any atom is -0.480 e. The molecule has 0 spiro atoms. The van der Waals surface area contributed by atoms with Gasteiger partial charge >= 0.3 is 5.97 Å². The molecule has 9 heteroatoms. The molecule has 5 aromatic rings. The van der Waals surface area contributed by atoms with E-state index in [4.69, 9.17) is 38.3 Å². The molecule has 0 saturated carbocycles. The molecule has 0 atom stereocenters. The maximum atomic E-state index is 12.8. The van der Waals surface area contributed by atoms with E-state index in [0.717, 1.165) is 10.9 Å². The molecule has 7 nitrogen and oxygen atoms in total. The van der Waals surface area contributed by atoms with Crippen LogP contribution >= 0.6 is 23.2 Å². The lowest BCUT2D eigenvalue weighted by Crippen LogP contribution is -2.29. The number of rotatable bonds is 5. The van der Waals surface area contributed by atoms with Crippen LogP contribution in [0.5, 0.6) is 0 Å². The summed E-state index contributed by atoms with van der Waals surface area (Å²) in [6.07, 6.45) is 1.59. The van der Waals surface area contributed by atoms with Gasteiger partial charge in [0.25, 0.3) is 5.91 Å². The fourth-order valence-corrected chi connectivity index (χ4v) is 4.16. The van der Waals surface area contributed by atoms with Crippen LogP contribution in [0.15, 0.2) is 72.9 Å². The summed E-state index contributed by atoms with van der Waals surface area (Å²) in [5.41, 5.74) is 3.17. The lowest BCUT2D eigenvalue weighted by atomic mass is 10.1. The Morgan fingerprint density at radius 2 is 1.62 bits per heavy atom. The Morgan fingerprint density at radius 1 is 0.912 bits per heavy atom. The summed E-state index contributed by atoms with van der Waals surface area (Å²) < 4.78 is 1.70. The van der Waals surface area contributed by atoms with Gasteiger partial charge in [0.1, 0.15) is 6.54 Å². The minimum atomic E-state index is -1.14. The van der Waals surface area contributed by atoms with Crippen molar-refractivity contribution in [2.24, 2.45) is 0 Å². The molecule has 0 aliphatic rings. The molecule has 168 valence electrons. The summed E-state index contributed by atoms with van der Waals surface area (Å²) in [4.78, 5) is 33.3. The second-order valence-corrected chi connectivity index (χ2v) is 8.42. The van der Waals surface area contributed by atoms with Gasteiger partial charge in [-0.2, -0.15) is 0 Å². The van der Waals surface area contributed by atoms with E-state index in [2.05, 4.69) is 5.32 Å². The second kappa shape index (κ2) is 8.78. The number of fused-ring (bicyclic) bond motifs is 2. The molecule has 0 radical (unpaired) electrons. The number of carboxylic acids is 1. The third-order valence-corrected chi connectivity index (χ3v) is 5.79. The summed E-state index contributed by atoms with van der Waals surface area (Å²) in [5.74, 6) is -1.33. The van der Waals surface area contributed by atoms with Crippen LogP contribution < -0.4 is 5.32 Å². The zero-order valence-electron chi connectivity index (χ0n) is 17.5. The summed E-state index contributed by atoms with van der Waals surface area (Å²) in [7, 11) is 0. The van der Waals surface area contributed by atoms with Gasteiger partial charge in [-0.1, -0.05) is 53.5 Å². The van der Waals surface area contributed by atoms with Crippen LogP contribution in [0, 0.1) is 0 Å². The average Bonchev–Trinajstić information content (AvgIpc) is 3.21. The summed E-state index contributed by atoms with van der Waals surface area (Å²) in [6, 6.07) is 20.2. The van der Waals surface area contributed by atoms with Crippen molar-refractivity contribution in [3.05, 3.63) is 88.5 Å². The topological polar surface area (TPSA) is 97.1 Å². The van der Waals surface area contributed by atoms with Gasteiger partial charge in [-0.25, -0.2) is 9.97 Å². The van der Waals surface area contributed by atoms with Crippen molar-refractivity contribution < 1.29 is 14.7 Å². The van der Waals surface area contributed by atoms with Gasteiger partial charge in [-0.3, -0.25) is 14.2 Å². The van der Waals surface area contributed by atoms with Crippen LogP contribution in [0.4, 0.5) is 0 Å². The normalized spacial score (nSPS) is 11.1. The molecule has 2 aromatic heterocycles. The van der Waals surface area contributed by atoms with E-state index in [1.54, 1.807) is 35.0 Å². The van der Waals surface area contributed by atoms with Crippen LogP contribution in [0.3, 0.4) is 0 Å².